The van der Waals surface area contributed by atoms with E-state index < -0.39 is 16.1 Å². The second-order valence-corrected chi connectivity index (χ2v) is 21.6. The van der Waals surface area contributed by atoms with Gasteiger partial charge >= 0.3 is 0 Å². The Balaban J connectivity index is 3.23. The zero-order valence-electron chi connectivity index (χ0n) is 15.9. The lowest BCUT2D eigenvalue weighted by Crippen LogP contribution is -2.52. The van der Waals surface area contributed by atoms with Gasteiger partial charge in [0, 0.05) is 6.04 Å². The van der Waals surface area contributed by atoms with E-state index >= 15 is 0 Å². The lowest BCUT2D eigenvalue weighted by atomic mass is 10.2. The molecule has 0 aliphatic carbocycles. The molecular weight excluding hydrogens is 274 g/mol. The van der Waals surface area contributed by atoms with Crippen molar-refractivity contribution in [3.63, 3.8) is 0 Å². The van der Waals surface area contributed by atoms with E-state index in [1.165, 1.54) is 6.54 Å². The van der Waals surface area contributed by atoms with E-state index in [0.29, 0.717) is 16.1 Å². The van der Waals surface area contributed by atoms with Gasteiger partial charge in [0.2, 0.25) is 0 Å². The summed E-state index contributed by atoms with van der Waals surface area (Å²) in [6.07, 6.45) is 0. The third-order valence-electron chi connectivity index (χ3n) is 7.26. The van der Waals surface area contributed by atoms with Crippen LogP contribution < -0.4 is 5.32 Å². The van der Waals surface area contributed by atoms with E-state index in [-0.39, 0.29) is 0 Å². The Bertz CT molecular complexity index is 347. The average Bonchev–Trinajstić information content (AvgIpc) is 2.57. The molecule has 120 valence electrons. The van der Waals surface area contributed by atoms with Gasteiger partial charge in [-0.3, -0.25) is 0 Å². The zero-order chi connectivity index (χ0) is 16.1. The predicted molar refractivity (Wildman–Crippen MR) is 99.4 cm³/mol. The van der Waals surface area contributed by atoms with Gasteiger partial charge in [-0.2, -0.15) is 0 Å². The van der Waals surface area contributed by atoms with Gasteiger partial charge in [-0.25, -0.2) is 0 Å². The molecule has 1 aliphatic rings. The average molecular weight is 314 g/mol. The highest BCUT2D eigenvalue weighted by Gasteiger charge is 2.56. The molecule has 1 heterocycles. The molecule has 0 aromatic rings. The molecule has 1 aliphatic heterocycles. The summed E-state index contributed by atoms with van der Waals surface area (Å²) in [6.45, 7) is 29.1. The fraction of sp³-hybridized carbons (Fsp3) is 1.00. The van der Waals surface area contributed by atoms with Crippen LogP contribution in [0.5, 0.6) is 0 Å². The van der Waals surface area contributed by atoms with Crippen LogP contribution >= 0.6 is 0 Å². The summed E-state index contributed by atoms with van der Waals surface area (Å²) in [6, 6.07) is 0.704. The Morgan fingerprint density at radius 2 is 1.20 bits per heavy atom. The fourth-order valence-electron chi connectivity index (χ4n) is 3.80. The molecule has 1 fully saturated rings. The quantitative estimate of drug-likeness (QED) is 0.641. The van der Waals surface area contributed by atoms with Crippen molar-refractivity contribution in [2.24, 2.45) is 0 Å². The molecule has 1 rings (SSSR count). The molecule has 3 atom stereocenters. The molecule has 0 radical (unpaired) electrons. The molecule has 2 unspecified atom stereocenters. The van der Waals surface area contributed by atoms with Gasteiger partial charge in [0.05, 0.1) is 16.1 Å². The molecule has 0 spiro atoms. The van der Waals surface area contributed by atoms with Crippen LogP contribution in [-0.2, 0) is 0 Å². The van der Waals surface area contributed by atoms with Gasteiger partial charge in [0.25, 0.3) is 0 Å². The Morgan fingerprint density at radius 3 is 1.55 bits per heavy atom. The normalized spacial score (nSPS) is 29.9. The summed E-state index contributed by atoms with van der Waals surface area (Å²) < 4.78 is 0. The topological polar surface area (TPSA) is 12.0 Å². The molecule has 0 bridgehead atoms. The van der Waals surface area contributed by atoms with Crippen molar-refractivity contribution >= 4 is 16.1 Å². The third kappa shape index (κ3) is 2.96. The maximum atomic E-state index is 3.85. The Kier molecular flexibility index (Phi) is 4.83. The van der Waals surface area contributed by atoms with Gasteiger partial charge in [0.1, 0.15) is 0 Å². The molecule has 1 nitrogen and oxygen atoms in total. The van der Waals surface area contributed by atoms with E-state index in [4.69, 9.17) is 0 Å². The van der Waals surface area contributed by atoms with Crippen molar-refractivity contribution in [1.29, 1.82) is 0 Å². The maximum Gasteiger partial charge on any atom is 0.0574 e. The lowest BCUT2D eigenvalue weighted by Gasteiger charge is -2.51. The van der Waals surface area contributed by atoms with Gasteiger partial charge < -0.3 is 5.32 Å². The van der Waals surface area contributed by atoms with Crippen molar-refractivity contribution < 1.29 is 0 Å². The van der Waals surface area contributed by atoms with Crippen LogP contribution in [0.2, 0.25) is 47.3 Å². The molecule has 0 aromatic heterocycles. The zero-order valence-corrected chi connectivity index (χ0v) is 17.9. The number of hydrogen-bond acceptors (Lipinski definition) is 1. The number of nitrogens with one attached hydrogen (secondary N) is 1. The van der Waals surface area contributed by atoms with E-state index in [1.807, 2.05) is 0 Å². The third-order valence-corrected chi connectivity index (χ3v) is 20.3. The molecule has 20 heavy (non-hydrogen) atoms. The van der Waals surface area contributed by atoms with Crippen molar-refractivity contribution in [2.75, 3.05) is 6.54 Å². The largest absolute Gasteiger partial charge is 0.314 e. The molecular formula is C17H39NSi2. The van der Waals surface area contributed by atoms with Crippen molar-refractivity contribution in [1.82, 2.24) is 5.32 Å². The Hall–Kier alpha value is 0.394. The maximum absolute atomic E-state index is 3.85. The summed E-state index contributed by atoms with van der Waals surface area (Å²) in [5.41, 5.74) is 1.85. The van der Waals surface area contributed by atoms with E-state index in [2.05, 4.69) is 80.0 Å². The first-order valence-corrected chi connectivity index (χ1v) is 14.5. The summed E-state index contributed by atoms with van der Waals surface area (Å²) in [5.74, 6) is 0. The number of rotatable bonds is 2. The van der Waals surface area contributed by atoms with Crippen molar-refractivity contribution in [2.45, 2.75) is 102 Å². The first kappa shape index (κ1) is 18.4. The van der Waals surface area contributed by atoms with E-state index in [1.54, 1.807) is 0 Å². The smallest absolute Gasteiger partial charge is 0.0574 e. The molecule has 0 saturated carbocycles. The molecule has 1 saturated heterocycles. The van der Waals surface area contributed by atoms with Gasteiger partial charge in [-0.15, -0.1) is 0 Å². The fourth-order valence-corrected chi connectivity index (χ4v) is 12.7. The SMILES string of the molecule is C[C@@H]1NCC([Si](C)(C)C(C)(C)C)C1[Si](C)(C)C(C)(C)C. The van der Waals surface area contributed by atoms with Crippen LogP contribution in [0, 0.1) is 0 Å². The van der Waals surface area contributed by atoms with Crippen molar-refractivity contribution in [3.8, 4) is 0 Å². The van der Waals surface area contributed by atoms with E-state index in [9.17, 15) is 0 Å². The minimum absolute atomic E-state index is 0.485. The first-order chi connectivity index (χ1) is 8.64. The summed E-state index contributed by atoms with van der Waals surface area (Å²) in [5, 5.41) is 4.82. The molecule has 3 heteroatoms. The summed E-state index contributed by atoms with van der Waals surface area (Å²) in [4.78, 5) is 0. The van der Waals surface area contributed by atoms with Crippen LogP contribution in [0.15, 0.2) is 0 Å². The first-order valence-electron chi connectivity index (χ1n) is 8.37. The second-order valence-electron chi connectivity index (χ2n) is 10.3. The minimum Gasteiger partial charge on any atom is -0.314 e. The van der Waals surface area contributed by atoms with Gasteiger partial charge in [0.15, 0.2) is 0 Å². The lowest BCUT2D eigenvalue weighted by molar-refractivity contribution is 0.603. The van der Waals surface area contributed by atoms with Crippen LogP contribution in [0.25, 0.3) is 0 Å². The predicted octanol–water partition coefficient (Wildman–Crippen LogP) is 5.74. The number of hydrogen-bond donors (Lipinski definition) is 1. The molecule has 0 aromatic carbocycles. The van der Waals surface area contributed by atoms with Gasteiger partial charge in [-0.1, -0.05) is 67.7 Å². The van der Waals surface area contributed by atoms with E-state index in [0.717, 1.165) is 11.1 Å². The highest BCUT2D eigenvalue weighted by atomic mass is 28.3. The highest BCUT2D eigenvalue weighted by Crippen LogP contribution is 2.58. The van der Waals surface area contributed by atoms with Crippen LogP contribution in [0.4, 0.5) is 0 Å². The van der Waals surface area contributed by atoms with Crippen LogP contribution in [0.1, 0.15) is 48.5 Å². The molecule has 1 N–H and O–H groups in total. The summed E-state index contributed by atoms with van der Waals surface area (Å²) in [7, 11) is -2.61. The van der Waals surface area contributed by atoms with Crippen LogP contribution in [0.3, 0.4) is 0 Å². The second kappa shape index (κ2) is 5.24. The molecule has 0 amide bonds. The highest BCUT2D eigenvalue weighted by molar-refractivity contribution is 6.87. The Labute approximate surface area is 130 Å². The van der Waals surface area contributed by atoms with Gasteiger partial charge in [-0.05, 0) is 34.6 Å². The van der Waals surface area contributed by atoms with Crippen LogP contribution in [-0.4, -0.2) is 28.7 Å². The monoisotopic (exact) mass is 313 g/mol. The Morgan fingerprint density at radius 1 is 0.800 bits per heavy atom. The standard InChI is InChI=1S/C17H39NSi2/c1-13-15(20(10,11)17(5,6)7)14(12-18-13)19(8,9)16(2,3)4/h13-15,18H,12H2,1-11H3/t13-,14?,15?/m0/s1. The summed E-state index contributed by atoms with van der Waals surface area (Å²) >= 11 is 0. The minimum atomic E-state index is -1.31. The van der Waals surface area contributed by atoms with Crippen molar-refractivity contribution in [3.05, 3.63) is 0 Å².